The molecule has 0 aromatic carbocycles. The molecule has 1 fully saturated rings. The zero-order valence-electron chi connectivity index (χ0n) is 14.6. The third-order valence-electron chi connectivity index (χ3n) is 4.40. The van der Waals surface area contributed by atoms with Gasteiger partial charge in [0, 0.05) is 51.5 Å². The van der Waals surface area contributed by atoms with Gasteiger partial charge in [-0.2, -0.15) is 0 Å². The fourth-order valence-electron chi connectivity index (χ4n) is 3.06. The lowest BCUT2D eigenvalue weighted by atomic mass is 10.2. The van der Waals surface area contributed by atoms with Crippen LogP contribution in [0.2, 0.25) is 0 Å². The topological polar surface area (TPSA) is 93.2 Å². The average molecular weight is 345 g/mol. The monoisotopic (exact) mass is 345 g/mol. The van der Waals surface area contributed by atoms with Gasteiger partial charge in [-0.25, -0.2) is 9.78 Å². The Kier molecular flexibility index (Phi) is 4.89. The first kappa shape index (κ1) is 17.2. The smallest absolute Gasteiger partial charge is 0.358 e. The van der Waals surface area contributed by atoms with Crippen LogP contribution in [0, 0.1) is 0 Å². The van der Waals surface area contributed by atoms with Crippen molar-refractivity contribution in [3.8, 4) is 0 Å². The fraction of sp³-hybridized carbons (Fsp3) is 0.471. The Balaban J connectivity index is 1.88. The lowest BCUT2D eigenvalue weighted by molar-refractivity contribution is -0.130. The van der Waals surface area contributed by atoms with Crippen LogP contribution in [-0.4, -0.2) is 63.8 Å². The summed E-state index contributed by atoms with van der Waals surface area (Å²) in [4.78, 5) is 32.2. The number of imidazole rings is 1. The average Bonchev–Trinajstić information content (AvgIpc) is 2.93. The number of carbonyl (C=O) groups excluding carboxylic acids is 2. The van der Waals surface area contributed by atoms with Crippen molar-refractivity contribution in [2.24, 2.45) is 0 Å². The number of ether oxygens (including phenoxy) is 1. The first-order valence-corrected chi connectivity index (χ1v) is 8.41. The molecule has 0 bridgehead atoms. The molecule has 8 heteroatoms. The zero-order chi connectivity index (χ0) is 18.0. The Morgan fingerprint density at radius 1 is 1.24 bits per heavy atom. The largest absolute Gasteiger partial charge is 0.461 e. The molecule has 0 unspecified atom stereocenters. The molecule has 0 radical (unpaired) electrons. The van der Waals surface area contributed by atoms with Gasteiger partial charge in [-0.3, -0.25) is 14.1 Å². The second-order valence-electron chi connectivity index (χ2n) is 6.10. The number of nitrogen functional groups attached to an aromatic ring is 1. The molecule has 2 aromatic rings. The van der Waals surface area contributed by atoms with E-state index in [0.29, 0.717) is 43.3 Å². The van der Waals surface area contributed by atoms with Gasteiger partial charge in [0.15, 0.2) is 5.69 Å². The summed E-state index contributed by atoms with van der Waals surface area (Å²) in [5, 5.41) is 0. The third kappa shape index (κ3) is 3.58. The second-order valence-corrected chi connectivity index (χ2v) is 6.10. The number of piperazine rings is 1. The molecule has 134 valence electrons. The molecule has 1 aliphatic heterocycles. The lowest BCUT2D eigenvalue weighted by Crippen LogP contribution is -2.47. The molecular formula is C17H23N5O3. The van der Waals surface area contributed by atoms with Gasteiger partial charge in [-0.15, -0.1) is 0 Å². The highest BCUT2D eigenvalue weighted by molar-refractivity contribution is 5.89. The van der Waals surface area contributed by atoms with E-state index < -0.39 is 5.97 Å². The molecule has 2 aromatic heterocycles. The van der Waals surface area contributed by atoms with E-state index in [2.05, 4.69) is 9.88 Å². The Hall–Kier alpha value is -2.61. The molecule has 25 heavy (non-hydrogen) atoms. The Bertz CT molecular complexity index is 793. The summed E-state index contributed by atoms with van der Waals surface area (Å²) in [6.07, 6.45) is 1.77. The first-order valence-electron chi connectivity index (χ1n) is 8.41. The molecule has 0 atom stereocenters. The van der Waals surface area contributed by atoms with Crippen LogP contribution < -0.4 is 5.73 Å². The van der Waals surface area contributed by atoms with Crippen molar-refractivity contribution in [1.82, 2.24) is 19.2 Å². The minimum absolute atomic E-state index is 0.0921. The predicted octanol–water partition coefficient (Wildman–Crippen LogP) is 0.757. The number of nitrogens with zero attached hydrogens (tertiary/aromatic N) is 4. The first-order chi connectivity index (χ1) is 12.0. The number of fused-ring (bicyclic) bond motifs is 1. The molecule has 3 rings (SSSR count). The summed E-state index contributed by atoms with van der Waals surface area (Å²) in [7, 11) is 0. The van der Waals surface area contributed by atoms with E-state index in [-0.39, 0.29) is 5.91 Å². The van der Waals surface area contributed by atoms with Crippen molar-refractivity contribution in [3.63, 3.8) is 0 Å². The van der Waals surface area contributed by atoms with Crippen LogP contribution in [0.3, 0.4) is 0 Å². The van der Waals surface area contributed by atoms with Gasteiger partial charge in [0.1, 0.15) is 5.65 Å². The second kappa shape index (κ2) is 7.10. The van der Waals surface area contributed by atoms with Crippen molar-refractivity contribution < 1.29 is 14.3 Å². The number of esters is 1. The van der Waals surface area contributed by atoms with Crippen LogP contribution >= 0.6 is 0 Å². The van der Waals surface area contributed by atoms with Gasteiger partial charge in [0.05, 0.1) is 12.3 Å². The molecule has 0 aliphatic carbocycles. The van der Waals surface area contributed by atoms with Crippen LogP contribution in [0.5, 0.6) is 0 Å². The van der Waals surface area contributed by atoms with Crippen molar-refractivity contribution in [3.05, 3.63) is 29.7 Å². The molecule has 3 heterocycles. The lowest BCUT2D eigenvalue weighted by Gasteiger charge is -2.34. The maximum absolute atomic E-state index is 12.3. The highest BCUT2D eigenvalue weighted by Crippen LogP contribution is 2.19. The van der Waals surface area contributed by atoms with E-state index in [4.69, 9.17) is 10.5 Å². The van der Waals surface area contributed by atoms with Gasteiger partial charge in [-0.05, 0) is 19.1 Å². The number of aromatic nitrogens is 2. The van der Waals surface area contributed by atoms with Gasteiger partial charge in [0.2, 0.25) is 5.91 Å². The van der Waals surface area contributed by atoms with Crippen molar-refractivity contribution in [1.29, 1.82) is 0 Å². The van der Waals surface area contributed by atoms with E-state index in [0.717, 1.165) is 18.8 Å². The number of carbonyl (C=O) groups is 2. The van der Waals surface area contributed by atoms with Gasteiger partial charge in [-0.1, -0.05) is 0 Å². The summed E-state index contributed by atoms with van der Waals surface area (Å²) in [5.74, 6) is -0.336. The third-order valence-corrected chi connectivity index (χ3v) is 4.40. The molecule has 1 amide bonds. The number of hydrogen-bond acceptors (Lipinski definition) is 6. The summed E-state index contributed by atoms with van der Waals surface area (Å²) in [5.41, 5.74) is 8.24. The molecule has 8 nitrogen and oxygen atoms in total. The normalized spacial score (nSPS) is 15.5. The maximum Gasteiger partial charge on any atom is 0.358 e. The van der Waals surface area contributed by atoms with E-state index >= 15 is 0 Å². The zero-order valence-corrected chi connectivity index (χ0v) is 14.6. The SMILES string of the molecule is CCOC(=O)c1nc2ccc(N)cn2c1CN1CCN(C(C)=O)CC1. The van der Waals surface area contributed by atoms with E-state index in [9.17, 15) is 9.59 Å². The predicted molar refractivity (Wildman–Crippen MR) is 93.1 cm³/mol. The van der Waals surface area contributed by atoms with Crippen molar-refractivity contribution >= 4 is 23.2 Å². The highest BCUT2D eigenvalue weighted by Gasteiger charge is 2.24. The number of nitrogens with two attached hydrogens (primary N) is 1. The summed E-state index contributed by atoms with van der Waals surface area (Å²) in [6.45, 7) is 7.06. The quantitative estimate of drug-likeness (QED) is 0.822. The van der Waals surface area contributed by atoms with Crippen LogP contribution in [0.1, 0.15) is 30.0 Å². The minimum Gasteiger partial charge on any atom is -0.461 e. The van der Waals surface area contributed by atoms with Gasteiger partial charge in [0.25, 0.3) is 0 Å². The molecule has 0 saturated carbocycles. The number of amides is 1. The molecule has 1 aliphatic rings. The summed E-state index contributed by atoms with van der Waals surface area (Å²) in [6, 6.07) is 3.54. The highest BCUT2D eigenvalue weighted by atomic mass is 16.5. The van der Waals surface area contributed by atoms with Crippen LogP contribution in [-0.2, 0) is 16.1 Å². The number of rotatable bonds is 4. The molecule has 1 saturated heterocycles. The Labute approximate surface area is 146 Å². The van der Waals surface area contributed by atoms with E-state index in [1.165, 1.54) is 0 Å². The number of pyridine rings is 1. The number of anilines is 1. The van der Waals surface area contributed by atoms with Crippen molar-refractivity contribution in [2.75, 3.05) is 38.5 Å². The van der Waals surface area contributed by atoms with Crippen LogP contribution in [0.25, 0.3) is 5.65 Å². The van der Waals surface area contributed by atoms with Crippen molar-refractivity contribution in [2.45, 2.75) is 20.4 Å². The van der Waals surface area contributed by atoms with Crippen LogP contribution in [0.15, 0.2) is 18.3 Å². The van der Waals surface area contributed by atoms with E-state index in [1.54, 1.807) is 32.2 Å². The molecule has 2 N–H and O–H groups in total. The summed E-state index contributed by atoms with van der Waals surface area (Å²) < 4.78 is 6.99. The van der Waals surface area contributed by atoms with Gasteiger partial charge >= 0.3 is 5.97 Å². The van der Waals surface area contributed by atoms with E-state index in [1.807, 2.05) is 9.30 Å². The molecule has 0 spiro atoms. The van der Waals surface area contributed by atoms with Gasteiger partial charge < -0.3 is 15.4 Å². The Morgan fingerprint density at radius 3 is 2.60 bits per heavy atom. The Morgan fingerprint density at radius 2 is 1.96 bits per heavy atom. The van der Waals surface area contributed by atoms with Crippen LogP contribution in [0.4, 0.5) is 5.69 Å². The number of hydrogen-bond donors (Lipinski definition) is 1. The molecular weight excluding hydrogens is 322 g/mol. The maximum atomic E-state index is 12.3. The summed E-state index contributed by atoms with van der Waals surface area (Å²) >= 11 is 0. The minimum atomic E-state index is -0.429. The standard InChI is InChI=1S/C17H23N5O3/c1-3-25-17(24)16-14(22-10-13(18)4-5-15(22)19-16)11-20-6-8-21(9-7-20)12(2)23/h4-5,10H,3,6-9,11,18H2,1-2H3. The fourth-order valence-corrected chi connectivity index (χ4v) is 3.06.